The zero-order valence-corrected chi connectivity index (χ0v) is 9.63. The lowest BCUT2D eigenvalue weighted by molar-refractivity contribution is 0.230. The molecule has 0 aliphatic rings. The van der Waals surface area contributed by atoms with Gasteiger partial charge in [-0.2, -0.15) is 5.26 Å². The molecule has 0 heterocycles. The molecule has 0 spiro atoms. The molecule has 0 atom stereocenters. The fraction of sp³-hybridized carbons (Fsp3) is 0.364. The van der Waals surface area contributed by atoms with Gasteiger partial charge in [-0.3, -0.25) is 0 Å². The zero-order chi connectivity index (χ0) is 11.4. The Kier molecular flexibility index (Phi) is 3.81. The molecule has 0 fully saturated rings. The van der Waals surface area contributed by atoms with Gasteiger partial charge in [-0.1, -0.05) is 11.6 Å². The number of nitrogens with zero attached hydrogens (tertiary/aromatic N) is 1. The van der Waals surface area contributed by atoms with Crippen LogP contribution in [0.25, 0.3) is 0 Å². The summed E-state index contributed by atoms with van der Waals surface area (Å²) in [5, 5.41) is 9.15. The molecule has 0 aliphatic carbocycles. The molecule has 0 aliphatic heterocycles. The van der Waals surface area contributed by atoms with E-state index in [1.165, 1.54) is 7.11 Å². The van der Waals surface area contributed by atoms with Crippen molar-refractivity contribution < 1.29 is 9.47 Å². The maximum atomic E-state index is 8.78. The highest BCUT2D eigenvalue weighted by molar-refractivity contribution is 6.31. The molecule has 0 N–H and O–H groups in total. The minimum absolute atomic E-state index is 0.0305. The first kappa shape index (κ1) is 11.7. The minimum atomic E-state index is 0.0305. The third-order valence-corrected chi connectivity index (χ3v) is 2.05. The van der Waals surface area contributed by atoms with Gasteiger partial charge in [-0.15, -0.1) is 0 Å². The lowest BCUT2D eigenvalue weighted by atomic mass is 10.2. The fourth-order valence-electron chi connectivity index (χ4n) is 1.13. The molecule has 0 bridgehead atoms. The van der Waals surface area contributed by atoms with Gasteiger partial charge in [0.1, 0.15) is 6.07 Å². The van der Waals surface area contributed by atoms with Crippen LogP contribution in [0, 0.1) is 11.3 Å². The molecular weight excluding hydrogens is 214 g/mol. The Morgan fingerprint density at radius 1 is 1.33 bits per heavy atom. The highest BCUT2D eigenvalue weighted by atomic mass is 35.5. The molecule has 0 amide bonds. The molecule has 0 saturated heterocycles. The summed E-state index contributed by atoms with van der Waals surface area (Å²) in [6.45, 7) is 3.82. The monoisotopic (exact) mass is 225 g/mol. The molecule has 0 unspecified atom stereocenters. The second kappa shape index (κ2) is 4.90. The van der Waals surface area contributed by atoms with Gasteiger partial charge < -0.3 is 9.47 Å². The Balaban J connectivity index is 3.16. The molecule has 80 valence electrons. The maximum Gasteiger partial charge on any atom is 0.163 e. The number of halogens is 1. The van der Waals surface area contributed by atoms with Crippen LogP contribution in [0.15, 0.2) is 12.1 Å². The van der Waals surface area contributed by atoms with E-state index in [0.717, 1.165) is 0 Å². The molecule has 1 rings (SSSR count). The van der Waals surface area contributed by atoms with E-state index in [4.69, 9.17) is 26.3 Å². The van der Waals surface area contributed by atoms with Crippen molar-refractivity contribution in [2.45, 2.75) is 20.0 Å². The van der Waals surface area contributed by atoms with E-state index < -0.39 is 0 Å². The lowest BCUT2D eigenvalue weighted by Crippen LogP contribution is -2.06. The van der Waals surface area contributed by atoms with E-state index in [0.29, 0.717) is 22.1 Å². The van der Waals surface area contributed by atoms with Crippen LogP contribution in [-0.2, 0) is 0 Å². The molecular formula is C11H12ClNO2. The summed E-state index contributed by atoms with van der Waals surface area (Å²) in [6, 6.07) is 5.15. The standard InChI is InChI=1S/C11H12ClNO2/c1-7(2)15-11-5-9(12)8(6-13)4-10(11)14-3/h4-5,7H,1-3H3. The third-order valence-electron chi connectivity index (χ3n) is 1.74. The normalized spacial score (nSPS) is 9.87. The minimum Gasteiger partial charge on any atom is -0.493 e. The molecule has 4 heteroatoms. The van der Waals surface area contributed by atoms with E-state index >= 15 is 0 Å². The molecule has 0 radical (unpaired) electrons. The summed E-state index contributed by atoms with van der Waals surface area (Å²) in [5.74, 6) is 1.07. The summed E-state index contributed by atoms with van der Waals surface area (Å²) in [7, 11) is 1.53. The topological polar surface area (TPSA) is 42.2 Å². The van der Waals surface area contributed by atoms with Crippen molar-refractivity contribution in [2.75, 3.05) is 7.11 Å². The first-order valence-electron chi connectivity index (χ1n) is 4.52. The van der Waals surface area contributed by atoms with Crippen LogP contribution in [-0.4, -0.2) is 13.2 Å². The van der Waals surface area contributed by atoms with Crippen LogP contribution in [0.1, 0.15) is 19.4 Å². The molecule has 1 aromatic rings. The number of rotatable bonds is 3. The molecule has 1 aromatic carbocycles. The van der Waals surface area contributed by atoms with Crippen LogP contribution in [0.5, 0.6) is 11.5 Å². The first-order chi connectivity index (χ1) is 7.08. The Morgan fingerprint density at radius 3 is 2.47 bits per heavy atom. The van der Waals surface area contributed by atoms with Crippen LogP contribution in [0.4, 0.5) is 0 Å². The highest BCUT2D eigenvalue weighted by Crippen LogP contribution is 2.33. The van der Waals surface area contributed by atoms with Crippen molar-refractivity contribution in [3.05, 3.63) is 22.7 Å². The van der Waals surface area contributed by atoms with E-state index in [1.807, 2.05) is 19.9 Å². The second-order valence-electron chi connectivity index (χ2n) is 3.26. The molecule has 0 aromatic heterocycles. The van der Waals surface area contributed by atoms with Crippen molar-refractivity contribution in [1.82, 2.24) is 0 Å². The first-order valence-corrected chi connectivity index (χ1v) is 4.90. The largest absolute Gasteiger partial charge is 0.493 e. The number of benzene rings is 1. The van der Waals surface area contributed by atoms with E-state index in [2.05, 4.69) is 0 Å². The second-order valence-corrected chi connectivity index (χ2v) is 3.67. The van der Waals surface area contributed by atoms with Crippen molar-refractivity contribution in [3.63, 3.8) is 0 Å². The van der Waals surface area contributed by atoms with E-state index in [9.17, 15) is 0 Å². The van der Waals surface area contributed by atoms with Crippen LogP contribution < -0.4 is 9.47 Å². The van der Waals surface area contributed by atoms with Gasteiger partial charge in [-0.05, 0) is 13.8 Å². The number of nitriles is 1. The number of ether oxygens (including phenoxy) is 2. The smallest absolute Gasteiger partial charge is 0.163 e. The summed E-state index contributed by atoms with van der Waals surface area (Å²) in [4.78, 5) is 0. The van der Waals surface area contributed by atoms with E-state index in [-0.39, 0.29) is 6.10 Å². The van der Waals surface area contributed by atoms with Gasteiger partial charge in [0.25, 0.3) is 0 Å². The van der Waals surface area contributed by atoms with Crippen molar-refractivity contribution in [3.8, 4) is 17.6 Å². The van der Waals surface area contributed by atoms with Crippen LogP contribution in [0.2, 0.25) is 5.02 Å². The van der Waals surface area contributed by atoms with Crippen molar-refractivity contribution in [1.29, 1.82) is 5.26 Å². The van der Waals surface area contributed by atoms with Gasteiger partial charge >= 0.3 is 0 Å². The lowest BCUT2D eigenvalue weighted by Gasteiger charge is -2.14. The summed E-state index contributed by atoms with van der Waals surface area (Å²) < 4.78 is 10.6. The Morgan fingerprint density at radius 2 is 2.00 bits per heavy atom. The Bertz CT molecular complexity index is 396. The maximum absolute atomic E-state index is 8.78. The van der Waals surface area contributed by atoms with Crippen LogP contribution in [0.3, 0.4) is 0 Å². The predicted octanol–water partition coefficient (Wildman–Crippen LogP) is 3.01. The SMILES string of the molecule is COc1cc(C#N)c(Cl)cc1OC(C)C. The van der Waals surface area contributed by atoms with Gasteiger partial charge in [-0.25, -0.2) is 0 Å². The Labute approximate surface area is 94.2 Å². The predicted molar refractivity (Wildman–Crippen MR) is 58.5 cm³/mol. The number of hydrogen-bond donors (Lipinski definition) is 0. The Hall–Kier alpha value is -1.40. The highest BCUT2D eigenvalue weighted by Gasteiger charge is 2.11. The van der Waals surface area contributed by atoms with Gasteiger partial charge in [0.2, 0.25) is 0 Å². The summed E-state index contributed by atoms with van der Waals surface area (Å²) >= 11 is 5.88. The van der Waals surface area contributed by atoms with Crippen molar-refractivity contribution >= 4 is 11.6 Å². The third kappa shape index (κ3) is 2.77. The van der Waals surface area contributed by atoms with Gasteiger partial charge in [0, 0.05) is 12.1 Å². The molecule has 3 nitrogen and oxygen atoms in total. The van der Waals surface area contributed by atoms with Crippen molar-refractivity contribution in [2.24, 2.45) is 0 Å². The average Bonchev–Trinajstić information content (AvgIpc) is 2.17. The molecule has 15 heavy (non-hydrogen) atoms. The fourth-order valence-corrected chi connectivity index (χ4v) is 1.32. The van der Waals surface area contributed by atoms with E-state index in [1.54, 1.807) is 12.1 Å². The van der Waals surface area contributed by atoms with Gasteiger partial charge in [0.05, 0.1) is 23.8 Å². The quantitative estimate of drug-likeness (QED) is 0.794. The number of methoxy groups -OCH3 is 1. The summed E-state index contributed by atoms with van der Waals surface area (Å²) in [5.41, 5.74) is 0.379. The number of hydrogen-bond acceptors (Lipinski definition) is 3. The average molecular weight is 226 g/mol. The van der Waals surface area contributed by atoms with Gasteiger partial charge in [0.15, 0.2) is 11.5 Å². The molecule has 0 saturated carbocycles. The van der Waals surface area contributed by atoms with Crippen LogP contribution >= 0.6 is 11.6 Å². The summed E-state index contributed by atoms with van der Waals surface area (Å²) in [6.07, 6.45) is 0.0305. The zero-order valence-electron chi connectivity index (χ0n) is 8.87.